The number of nitrogens with zero attached hydrogens (tertiary/aromatic N) is 5. The van der Waals surface area contributed by atoms with Crippen molar-refractivity contribution in [3.05, 3.63) is 100 Å². The normalized spacial score (nSPS) is 10.4. The van der Waals surface area contributed by atoms with Gasteiger partial charge in [-0.2, -0.15) is 0 Å². The summed E-state index contributed by atoms with van der Waals surface area (Å²) in [4.78, 5) is 7.21. The van der Waals surface area contributed by atoms with E-state index in [-0.39, 0.29) is 0 Å². The molecule has 3 aromatic carbocycles. The van der Waals surface area contributed by atoms with Gasteiger partial charge in [-0.15, -0.1) is 10.2 Å². The zero-order valence-electron chi connectivity index (χ0n) is 17.0. The fraction of sp³-hybridized carbons (Fsp3) is 0.120. The molecule has 0 aliphatic carbocycles. The monoisotopic (exact) mass is 389 g/mol. The van der Waals surface area contributed by atoms with Crippen molar-refractivity contribution in [2.45, 2.75) is 20.8 Å². The summed E-state index contributed by atoms with van der Waals surface area (Å²) in [6.07, 6.45) is 0. The summed E-state index contributed by atoms with van der Waals surface area (Å²) in [5, 5.41) is 9.09. The quantitative estimate of drug-likeness (QED) is 0.369. The van der Waals surface area contributed by atoms with Gasteiger partial charge in [-0.3, -0.25) is 9.41 Å². The van der Waals surface area contributed by atoms with Crippen molar-refractivity contribution in [2.24, 2.45) is 0 Å². The van der Waals surface area contributed by atoms with Gasteiger partial charge in [0.1, 0.15) is 0 Å². The van der Waals surface area contributed by atoms with E-state index in [0.717, 1.165) is 33.5 Å². The van der Waals surface area contributed by atoms with Gasteiger partial charge in [0, 0.05) is 16.8 Å². The zero-order valence-corrected chi connectivity index (χ0v) is 17.0. The van der Waals surface area contributed by atoms with Crippen molar-refractivity contribution in [2.75, 3.05) is 0 Å². The maximum atomic E-state index is 7.63. The minimum absolute atomic E-state index is 0.369. The van der Waals surface area contributed by atoms with Crippen molar-refractivity contribution in [3.8, 4) is 28.5 Å². The maximum Gasteiger partial charge on any atom is 0.199 e. The van der Waals surface area contributed by atoms with Crippen LogP contribution in [0.25, 0.3) is 38.2 Å². The number of hydrogen-bond donors (Lipinski definition) is 0. The molecule has 0 aliphatic heterocycles. The van der Waals surface area contributed by atoms with Crippen LogP contribution in [-0.2, 0) is 0 Å². The van der Waals surface area contributed by atoms with Crippen molar-refractivity contribution in [3.63, 3.8) is 0 Å². The highest BCUT2D eigenvalue weighted by atomic mass is 15.3. The molecule has 0 N–H and O–H groups in total. The molecule has 0 fully saturated rings. The first-order valence-electron chi connectivity index (χ1n) is 9.53. The minimum Gasteiger partial charge on any atom is -0.276 e. The molecule has 4 aromatic rings. The molecule has 0 saturated carbocycles. The van der Waals surface area contributed by atoms with Gasteiger partial charge < -0.3 is 0 Å². The molecule has 0 unspecified atom stereocenters. The number of rotatable bonds is 3. The second kappa shape index (κ2) is 7.66. The van der Waals surface area contributed by atoms with Crippen LogP contribution in [0.4, 0.5) is 11.4 Å². The van der Waals surface area contributed by atoms with Gasteiger partial charge in [-0.1, -0.05) is 60.7 Å². The van der Waals surface area contributed by atoms with Crippen LogP contribution in [0.5, 0.6) is 0 Å². The van der Waals surface area contributed by atoms with E-state index in [9.17, 15) is 0 Å². The Bertz CT molecular complexity index is 1330. The minimum atomic E-state index is 0.369. The first-order valence-corrected chi connectivity index (χ1v) is 9.53. The van der Waals surface area contributed by atoms with Crippen LogP contribution in [0.2, 0.25) is 0 Å². The zero-order chi connectivity index (χ0) is 21.3. The van der Waals surface area contributed by atoms with Crippen molar-refractivity contribution < 1.29 is 0 Å². The van der Waals surface area contributed by atoms with Crippen LogP contribution in [0.15, 0.2) is 60.7 Å². The second-order valence-electron chi connectivity index (χ2n) is 7.12. The Hall–Kier alpha value is -4.22. The molecule has 0 amide bonds. The third-order valence-electron chi connectivity index (χ3n) is 5.22. The number of benzene rings is 3. The molecule has 0 bridgehead atoms. The Balaban J connectivity index is 2.12. The topological polar surface area (TPSA) is 39.4 Å². The lowest BCUT2D eigenvalue weighted by Gasteiger charge is -2.18. The third-order valence-corrected chi connectivity index (χ3v) is 5.22. The van der Waals surface area contributed by atoms with E-state index >= 15 is 0 Å². The van der Waals surface area contributed by atoms with Crippen LogP contribution < -0.4 is 0 Å². The van der Waals surface area contributed by atoms with Gasteiger partial charge in [0.15, 0.2) is 23.0 Å². The van der Waals surface area contributed by atoms with Crippen molar-refractivity contribution in [1.82, 2.24) is 14.8 Å². The standard InChI is InChI=1S/C25H19N5/c1-16-11-9-10-14-20(16)25-29-28-24(19-12-7-6-8-13-19)30(25)23-17(2)15-21(26-4)22(27-5)18(23)3/h6-15H,1-3H3. The SMILES string of the molecule is [C-]#[N+]c1cc(C)c(-n2c(-c3ccccc3)nnc2-c2ccccc2C)c(C)c1[N+]#[C-]. The van der Waals surface area contributed by atoms with E-state index in [1.54, 1.807) is 6.07 Å². The van der Waals surface area contributed by atoms with E-state index in [1.165, 1.54) is 0 Å². The lowest BCUT2D eigenvalue weighted by atomic mass is 10.0. The largest absolute Gasteiger partial charge is 0.276 e. The molecule has 0 spiro atoms. The average molecular weight is 389 g/mol. The molecule has 144 valence electrons. The Morgan fingerprint density at radius 3 is 2.10 bits per heavy atom. The molecular formula is C25H19N5. The molecular weight excluding hydrogens is 370 g/mol. The summed E-state index contributed by atoms with van der Waals surface area (Å²) < 4.78 is 2.02. The molecule has 30 heavy (non-hydrogen) atoms. The van der Waals surface area contributed by atoms with E-state index in [2.05, 4.69) is 19.9 Å². The first-order chi connectivity index (χ1) is 14.6. The summed E-state index contributed by atoms with van der Waals surface area (Å²) in [5.74, 6) is 1.41. The molecule has 5 heteroatoms. The fourth-order valence-corrected chi connectivity index (χ4v) is 3.78. The van der Waals surface area contributed by atoms with E-state index in [0.29, 0.717) is 23.0 Å². The predicted octanol–water partition coefficient (Wildman–Crippen LogP) is 6.63. The summed E-state index contributed by atoms with van der Waals surface area (Å²) in [7, 11) is 0. The number of hydrogen-bond acceptors (Lipinski definition) is 2. The van der Waals surface area contributed by atoms with Gasteiger partial charge in [-0.05, 0) is 37.5 Å². The van der Waals surface area contributed by atoms with Crippen molar-refractivity contribution in [1.29, 1.82) is 0 Å². The van der Waals surface area contributed by atoms with Crippen LogP contribution in [0.3, 0.4) is 0 Å². The lowest BCUT2D eigenvalue weighted by Crippen LogP contribution is -2.05. The van der Waals surface area contributed by atoms with Crippen LogP contribution in [-0.4, -0.2) is 14.8 Å². The second-order valence-corrected chi connectivity index (χ2v) is 7.12. The van der Waals surface area contributed by atoms with E-state index in [4.69, 9.17) is 13.1 Å². The summed E-state index contributed by atoms with van der Waals surface area (Å²) >= 11 is 0. The van der Waals surface area contributed by atoms with Crippen LogP contribution >= 0.6 is 0 Å². The third kappa shape index (κ3) is 3.03. The molecule has 0 radical (unpaired) electrons. The molecule has 0 aliphatic rings. The fourth-order valence-electron chi connectivity index (χ4n) is 3.78. The van der Waals surface area contributed by atoms with Gasteiger partial charge in [0.25, 0.3) is 0 Å². The average Bonchev–Trinajstić information content (AvgIpc) is 3.18. The van der Waals surface area contributed by atoms with Gasteiger partial charge in [-0.25, -0.2) is 4.85 Å². The predicted molar refractivity (Wildman–Crippen MR) is 119 cm³/mol. The van der Waals surface area contributed by atoms with Gasteiger partial charge >= 0.3 is 0 Å². The Labute approximate surface area is 175 Å². The molecule has 5 nitrogen and oxygen atoms in total. The van der Waals surface area contributed by atoms with Crippen LogP contribution in [0.1, 0.15) is 16.7 Å². The maximum absolute atomic E-state index is 7.63. The lowest BCUT2D eigenvalue weighted by molar-refractivity contribution is 1.04. The van der Waals surface area contributed by atoms with E-state index in [1.807, 2.05) is 79.9 Å². The molecule has 1 aromatic heterocycles. The molecule has 1 heterocycles. The molecule has 0 saturated heterocycles. The Morgan fingerprint density at radius 1 is 0.767 bits per heavy atom. The summed E-state index contributed by atoms with van der Waals surface area (Å²) in [5.41, 5.74) is 6.23. The highest BCUT2D eigenvalue weighted by Crippen LogP contribution is 2.40. The van der Waals surface area contributed by atoms with Crippen LogP contribution in [0, 0.1) is 33.9 Å². The highest BCUT2D eigenvalue weighted by Gasteiger charge is 2.23. The highest BCUT2D eigenvalue weighted by molar-refractivity contribution is 5.81. The molecule has 4 rings (SSSR count). The van der Waals surface area contributed by atoms with Crippen molar-refractivity contribution >= 4 is 11.4 Å². The smallest absolute Gasteiger partial charge is 0.199 e. The van der Waals surface area contributed by atoms with Gasteiger partial charge in [0.2, 0.25) is 0 Å². The van der Waals surface area contributed by atoms with Gasteiger partial charge in [0.05, 0.1) is 13.1 Å². The Kier molecular flexibility index (Phi) is 4.88. The summed E-state index contributed by atoms with van der Waals surface area (Å²) in [6.45, 7) is 21.0. The molecule has 0 atom stereocenters. The summed E-state index contributed by atoms with van der Waals surface area (Å²) in [6, 6.07) is 19.7. The number of aromatic nitrogens is 3. The number of aryl methyl sites for hydroxylation is 2. The Morgan fingerprint density at radius 2 is 1.43 bits per heavy atom. The first kappa shape index (κ1) is 19.1. The van der Waals surface area contributed by atoms with E-state index < -0.39 is 0 Å².